The molecule has 2 atom stereocenters. The van der Waals surface area contributed by atoms with E-state index in [-0.39, 0.29) is 12.1 Å². The monoisotopic (exact) mass is 235 g/mol. The zero-order chi connectivity index (χ0) is 12.3. The molecule has 1 aromatic rings. The van der Waals surface area contributed by atoms with E-state index >= 15 is 0 Å². The third-order valence-electron chi connectivity index (χ3n) is 3.55. The summed E-state index contributed by atoms with van der Waals surface area (Å²) in [5.41, 5.74) is 0.818. The molecule has 4 heteroatoms. The van der Waals surface area contributed by atoms with Crippen molar-refractivity contribution in [1.29, 1.82) is 0 Å². The molecular weight excluding hydrogens is 214 g/mol. The highest BCUT2D eigenvalue weighted by Gasteiger charge is 2.34. The lowest BCUT2D eigenvalue weighted by atomic mass is 9.77. The van der Waals surface area contributed by atoms with Gasteiger partial charge in [0.2, 0.25) is 5.95 Å². The summed E-state index contributed by atoms with van der Waals surface area (Å²) in [5.74, 6) is 1.27. The Kier molecular flexibility index (Phi) is 3.62. The Bertz CT molecular complexity index is 365. The fourth-order valence-electron chi connectivity index (χ4n) is 2.65. The Morgan fingerprint density at radius 3 is 2.76 bits per heavy atom. The second-order valence-electron chi connectivity index (χ2n) is 5.35. The largest absolute Gasteiger partial charge is 0.394 e. The number of nitrogens with one attached hydrogen (secondary N) is 1. The van der Waals surface area contributed by atoms with Crippen molar-refractivity contribution >= 4 is 5.95 Å². The van der Waals surface area contributed by atoms with Crippen molar-refractivity contribution in [2.45, 2.75) is 45.1 Å². The fraction of sp³-hybridized carbons (Fsp3) is 0.692. The summed E-state index contributed by atoms with van der Waals surface area (Å²) in [6, 6.07) is 0. The van der Waals surface area contributed by atoms with E-state index < -0.39 is 0 Å². The minimum absolute atomic E-state index is 0.147. The van der Waals surface area contributed by atoms with Crippen molar-refractivity contribution in [3.05, 3.63) is 18.0 Å². The van der Waals surface area contributed by atoms with Crippen molar-refractivity contribution in [3.8, 4) is 0 Å². The van der Waals surface area contributed by atoms with E-state index in [1.54, 1.807) is 12.4 Å². The quantitative estimate of drug-likeness (QED) is 0.842. The molecule has 0 amide bonds. The van der Waals surface area contributed by atoms with Crippen LogP contribution >= 0.6 is 0 Å². The van der Waals surface area contributed by atoms with E-state index in [2.05, 4.69) is 22.2 Å². The Balaban J connectivity index is 2.10. The first-order valence-electron chi connectivity index (χ1n) is 6.31. The summed E-state index contributed by atoms with van der Waals surface area (Å²) in [7, 11) is 0. The summed E-state index contributed by atoms with van der Waals surface area (Å²) >= 11 is 0. The van der Waals surface area contributed by atoms with Crippen molar-refractivity contribution in [2.75, 3.05) is 11.9 Å². The third kappa shape index (κ3) is 2.94. The molecule has 17 heavy (non-hydrogen) atoms. The predicted octanol–water partition coefficient (Wildman–Crippen LogP) is 2.14. The molecule has 0 bridgehead atoms. The molecule has 94 valence electrons. The molecule has 1 fully saturated rings. The number of anilines is 1. The van der Waals surface area contributed by atoms with E-state index in [0.29, 0.717) is 11.9 Å². The van der Waals surface area contributed by atoms with Crippen LogP contribution in [0.25, 0.3) is 0 Å². The smallest absolute Gasteiger partial charge is 0.223 e. The summed E-state index contributed by atoms with van der Waals surface area (Å²) in [6.07, 6.45) is 7.98. The lowest BCUT2D eigenvalue weighted by Gasteiger charge is -2.39. The van der Waals surface area contributed by atoms with Gasteiger partial charge >= 0.3 is 0 Å². The lowest BCUT2D eigenvalue weighted by molar-refractivity contribution is 0.149. The van der Waals surface area contributed by atoms with Crippen LogP contribution in [0.1, 0.15) is 38.2 Å². The van der Waals surface area contributed by atoms with Crippen LogP contribution in [0, 0.1) is 12.8 Å². The Morgan fingerprint density at radius 1 is 1.47 bits per heavy atom. The van der Waals surface area contributed by atoms with E-state index in [4.69, 9.17) is 0 Å². The second-order valence-corrected chi connectivity index (χ2v) is 5.35. The van der Waals surface area contributed by atoms with Gasteiger partial charge in [-0.15, -0.1) is 0 Å². The standard InChI is InChI=1S/C13H21N3O/c1-10-4-3-5-13(6-10,9-17)16-12-14-7-11(2)8-15-12/h7-8,10,17H,3-6,9H2,1-2H3,(H,14,15,16). The SMILES string of the molecule is Cc1cnc(NC2(CO)CCCC(C)C2)nc1. The van der Waals surface area contributed by atoms with Gasteiger partial charge in [0.05, 0.1) is 12.1 Å². The van der Waals surface area contributed by atoms with Gasteiger partial charge in [-0.1, -0.05) is 19.8 Å². The van der Waals surface area contributed by atoms with Crippen molar-refractivity contribution in [3.63, 3.8) is 0 Å². The zero-order valence-electron chi connectivity index (χ0n) is 10.6. The zero-order valence-corrected chi connectivity index (χ0v) is 10.6. The first-order valence-corrected chi connectivity index (χ1v) is 6.31. The molecule has 0 aliphatic heterocycles. The maximum Gasteiger partial charge on any atom is 0.223 e. The number of aryl methyl sites for hydroxylation is 1. The number of rotatable bonds is 3. The number of aromatic nitrogens is 2. The minimum Gasteiger partial charge on any atom is -0.394 e. The molecule has 1 saturated carbocycles. The average molecular weight is 235 g/mol. The summed E-state index contributed by atoms with van der Waals surface area (Å²) in [4.78, 5) is 8.51. The van der Waals surface area contributed by atoms with Crippen LogP contribution in [0.2, 0.25) is 0 Å². The van der Waals surface area contributed by atoms with Crippen molar-refractivity contribution in [2.24, 2.45) is 5.92 Å². The molecule has 2 unspecified atom stereocenters. The van der Waals surface area contributed by atoms with Crippen molar-refractivity contribution < 1.29 is 5.11 Å². The summed E-state index contributed by atoms with van der Waals surface area (Å²) < 4.78 is 0. The molecule has 2 rings (SSSR count). The Hall–Kier alpha value is -1.16. The van der Waals surface area contributed by atoms with Gasteiger partial charge in [0.15, 0.2) is 0 Å². The summed E-state index contributed by atoms with van der Waals surface area (Å²) in [6.45, 7) is 4.35. The third-order valence-corrected chi connectivity index (χ3v) is 3.55. The van der Waals surface area contributed by atoms with Gasteiger partial charge in [0.25, 0.3) is 0 Å². The van der Waals surface area contributed by atoms with Crippen LogP contribution in [-0.4, -0.2) is 27.2 Å². The first kappa shape index (κ1) is 12.3. The maximum absolute atomic E-state index is 9.66. The number of aliphatic hydroxyl groups excluding tert-OH is 1. The van der Waals surface area contributed by atoms with E-state index in [1.165, 1.54) is 6.42 Å². The lowest BCUT2D eigenvalue weighted by Crippen LogP contribution is -2.46. The highest BCUT2D eigenvalue weighted by molar-refractivity contribution is 5.30. The van der Waals surface area contributed by atoms with E-state index in [1.807, 2.05) is 6.92 Å². The van der Waals surface area contributed by atoms with Gasteiger partial charge in [0.1, 0.15) is 0 Å². The van der Waals surface area contributed by atoms with Gasteiger partial charge in [0, 0.05) is 12.4 Å². The number of aliphatic hydroxyl groups is 1. The maximum atomic E-state index is 9.66. The fourth-order valence-corrected chi connectivity index (χ4v) is 2.65. The molecule has 0 aromatic carbocycles. The number of nitrogens with zero attached hydrogens (tertiary/aromatic N) is 2. The molecule has 1 aliphatic rings. The Morgan fingerprint density at radius 2 is 2.18 bits per heavy atom. The molecule has 4 nitrogen and oxygen atoms in total. The van der Waals surface area contributed by atoms with Crippen LogP contribution < -0.4 is 5.32 Å². The number of hydrogen-bond donors (Lipinski definition) is 2. The van der Waals surface area contributed by atoms with Gasteiger partial charge in [-0.25, -0.2) is 9.97 Å². The molecule has 0 spiro atoms. The number of hydrogen-bond acceptors (Lipinski definition) is 4. The molecule has 1 heterocycles. The Labute approximate surface area is 102 Å². The highest BCUT2D eigenvalue weighted by atomic mass is 16.3. The average Bonchev–Trinajstić information content (AvgIpc) is 2.32. The van der Waals surface area contributed by atoms with Crippen LogP contribution in [0.4, 0.5) is 5.95 Å². The predicted molar refractivity (Wildman–Crippen MR) is 67.8 cm³/mol. The van der Waals surface area contributed by atoms with Gasteiger partial charge in [-0.05, 0) is 31.2 Å². The molecule has 1 aromatic heterocycles. The van der Waals surface area contributed by atoms with Crippen LogP contribution in [0.15, 0.2) is 12.4 Å². The molecule has 0 radical (unpaired) electrons. The topological polar surface area (TPSA) is 58.0 Å². The van der Waals surface area contributed by atoms with Crippen molar-refractivity contribution in [1.82, 2.24) is 9.97 Å². The first-order chi connectivity index (χ1) is 8.13. The highest BCUT2D eigenvalue weighted by Crippen LogP contribution is 2.33. The summed E-state index contributed by atoms with van der Waals surface area (Å²) in [5, 5.41) is 13.0. The van der Waals surface area contributed by atoms with Gasteiger partial charge in [-0.2, -0.15) is 0 Å². The van der Waals surface area contributed by atoms with E-state index in [9.17, 15) is 5.11 Å². The second kappa shape index (κ2) is 5.00. The van der Waals surface area contributed by atoms with Gasteiger partial charge in [-0.3, -0.25) is 0 Å². The van der Waals surface area contributed by atoms with Crippen LogP contribution in [-0.2, 0) is 0 Å². The van der Waals surface area contributed by atoms with Gasteiger partial charge < -0.3 is 10.4 Å². The van der Waals surface area contributed by atoms with Crippen LogP contribution in [0.3, 0.4) is 0 Å². The molecular formula is C13H21N3O. The normalized spacial score (nSPS) is 29.0. The molecule has 2 N–H and O–H groups in total. The van der Waals surface area contributed by atoms with E-state index in [0.717, 1.165) is 24.8 Å². The minimum atomic E-state index is -0.229. The molecule has 0 saturated heterocycles. The van der Waals surface area contributed by atoms with Crippen LogP contribution in [0.5, 0.6) is 0 Å². The molecule has 1 aliphatic carbocycles.